The van der Waals surface area contributed by atoms with E-state index >= 15 is 0 Å². The highest BCUT2D eigenvalue weighted by atomic mass is 16.1. The maximum atomic E-state index is 11.1. The van der Waals surface area contributed by atoms with Gasteiger partial charge in [-0.05, 0) is 49.6 Å². The van der Waals surface area contributed by atoms with Gasteiger partial charge in [-0.3, -0.25) is 9.78 Å². The Morgan fingerprint density at radius 1 is 1.19 bits per heavy atom. The average molecular weight is 214 g/mol. The van der Waals surface area contributed by atoms with Gasteiger partial charge in [0.15, 0.2) is 0 Å². The number of fused-ring (bicyclic) bond motifs is 1. The second kappa shape index (κ2) is 3.59. The molecule has 0 aliphatic carbocycles. The molecular formula is C13H14N2O. The fourth-order valence-corrected chi connectivity index (χ4v) is 1.85. The quantitative estimate of drug-likeness (QED) is 0.791. The van der Waals surface area contributed by atoms with Crippen LogP contribution in [0.5, 0.6) is 0 Å². The Kier molecular flexibility index (Phi) is 2.38. The Labute approximate surface area is 94.3 Å². The molecule has 0 saturated carbocycles. The number of amides is 1. The highest BCUT2D eigenvalue weighted by Crippen LogP contribution is 2.23. The van der Waals surface area contributed by atoms with Crippen molar-refractivity contribution in [1.29, 1.82) is 0 Å². The van der Waals surface area contributed by atoms with Crippen molar-refractivity contribution in [1.82, 2.24) is 4.98 Å². The van der Waals surface area contributed by atoms with Gasteiger partial charge in [0.25, 0.3) is 0 Å². The SMILES string of the molecule is Cc1cc2cc(C(N)=O)cnc2c(C)c1C. The lowest BCUT2D eigenvalue weighted by Gasteiger charge is -2.09. The third kappa shape index (κ3) is 1.54. The van der Waals surface area contributed by atoms with Crippen LogP contribution in [-0.2, 0) is 0 Å². The van der Waals surface area contributed by atoms with Crippen molar-refractivity contribution in [3.63, 3.8) is 0 Å². The highest BCUT2D eigenvalue weighted by molar-refractivity contribution is 5.97. The Balaban J connectivity index is 2.81. The molecule has 3 heteroatoms. The number of nitrogens with two attached hydrogens (primary N) is 1. The maximum Gasteiger partial charge on any atom is 0.250 e. The second-order valence-corrected chi connectivity index (χ2v) is 4.10. The monoisotopic (exact) mass is 214 g/mol. The minimum Gasteiger partial charge on any atom is -0.366 e. The largest absolute Gasteiger partial charge is 0.366 e. The van der Waals surface area contributed by atoms with Crippen LogP contribution in [0.2, 0.25) is 0 Å². The predicted molar refractivity (Wildman–Crippen MR) is 64.5 cm³/mol. The summed E-state index contributed by atoms with van der Waals surface area (Å²) >= 11 is 0. The van der Waals surface area contributed by atoms with Crippen LogP contribution in [0.4, 0.5) is 0 Å². The molecule has 0 saturated heterocycles. The fourth-order valence-electron chi connectivity index (χ4n) is 1.85. The number of hydrogen-bond donors (Lipinski definition) is 1. The maximum absolute atomic E-state index is 11.1. The molecule has 0 bridgehead atoms. The first-order valence-electron chi connectivity index (χ1n) is 5.17. The number of aromatic nitrogens is 1. The van der Waals surface area contributed by atoms with Gasteiger partial charge in [-0.2, -0.15) is 0 Å². The molecule has 0 radical (unpaired) electrons. The van der Waals surface area contributed by atoms with E-state index in [0.29, 0.717) is 5.56 Å². The van der Waals surface area contributed by atoms with Crippen LogP contribution in [0.3, 0.4) is 0 Å². The van der Waals surface area contributed by atoms with Gasteiger partial charge >= 0.3 is 0 Å². The summed E-state index contributed by atoms with van der Waals surface area (Å²) in [5.74, 6) is -0.440. The number of carbonyl (C=O) groups is 1. The van der Waals surface area contributed by atoms with Gasteiger partial charge in [-0.25, -0.2) is 0 Å². The Morgan fingerprint density at radius 3 is 2.50 bits per heavy atom. The summed E-state index contributed by atoms with van der Waals surface area (Å²) in [6.45, 7) is 6.17. The van der Waals surface area contributed by atoms with E-state index in [9.17, 15) is 4.79 Å². The van der Waals surface area contributed by atoms with E-state index in [2.05, 4.69) is 18.8 Å². The van der Waals surface area contributed by atoms with Crippen molar-refractivity contribution >= 4 is 16.8 Å². The van der Waals surface area contributed by atoms with Crippen molar-refractivity contribution in [2.24, 2.45) is 5.73 Å². The summed E-state index contributed by atoms with van der Waals surface area (Å²) in [5, 5.41) is 0.969. The number of carbonyl (C=O) groups excluding carboxylic acids is 1. The molecular weight excluding hydrogens is 200 g/mol. The molecule has 1 aromatic heterocycles. The van der Waals surface area contributed by atoms with Crippen molar-refractivity contribution in [3.8, 4) is 0 Å². The summed E-state index contributed by atoms with van der Waals surface area (Å²) in [5.41, 5.74) is 10.2. The van der Waals surface area contributed by atoms with Crippen LogP contribution < -0.4 is 5.73 Å². The molecule has 1 heterocycles. The smallest absolute Gasteiger partial charge is 0.250 e. The number of nitrogens with zero attached hydrogens (tertiary/aromatic N) is 1. The van der Waals surface area contributed by atoms with Crippen LogP contribution in [0.25, 0.3) is 10.9 Å². The molecule has 2 aromatic rings. The normalized spacial score (nSPS) is 10.7. The number of pyridine rings is 1. The number of aryl methyl sites for hydroxylation is 2. The molecule has 3 nitrogen and oxygen atoms in total. The molecule has 0 atom stereocenters. The van der Waals surface area contributed by atoms with Crippen LogP contribution in [0.1, 0.15) is 27.0 Å². The first kappa shape index (κ1) is 10.6. The van der Waals surface area contributed by atoms with Gasteiger partial charge in [0.2, 0.25) is 5.91 Å². The molecule has 1 amide bonds. The molecule has 2 N–H and O–H groups in total. The first-order chi connectivity index (χ1) is 7.50. The Hall–Kier alpha value is -1.90. The zero-order chi connectivity index (χ0) is 11.9. The minimum absolute atomic E-state index is 0.440. The summed E-state index contributed by atoms with van der Waals surface area (Å²) in [6.07, 6.45) is 1.53. The lowest BCUT2D eigenvalue weighted by Crippen LogP contribution is -2.11. The van der Waals surface area contributed by atoms with Crippen molar-refractivity contribution in [3.05, 3.63) is 40.6 Å². The summed E-state index contributed by atoms with van der Waals surface area (Å²) in [4.78, 5) is 15.4. The molecule has 0 unspecified atom stereocenters. The van der Waals surface area contributed by atoms with Crippen LogP contribution in [0.15, 0.2) is 18.3 Å². The minimum atomic E-state index is -0.440. The van der Waals surface area contributed by atoms with E-state index in [1.54, 1.807) is 6.07 Å². The lowest BCUT2D eigenvalue weighted by atomic mass is 9.99. The third-order valence-electron chi connectivity index (χ3n) is 3.08. The fraction of sp³-hybridized carbons (Fsp3) is 0.231. The van der Waals surface area contributed by atoms with E-state index < -0.39 is 5.91 Å². The topological polar surface area (TPSA) is 56.0 Å². The average Bonchev–Trinajstić information content (AvgIpc) is 2.25. The predicted octanol–water partition coefficient (Wildman–Crippen LogP) is 2.26. The number of primary amides is 1. The summed E-state index contributed by atoms with van der Waals surface area (Å²) < 4.78 is 0. The van der Waals surface area contributed by atoms with Gasteiger partial charge in [-0.1, -0.05) is 0 Å². The zero-order valence-corrected chi connectivity index (χ0v) is 9.66. The summed E-state index contributed by atoms with van der Waals surface area (Å²) in [7, 11) is 0. The number of hydrogen-bond acceptors (Lipinski definition) is 2. The van der Waals surface area contributed by atoms with E-state index in [4.69, 9.17) is 5.73 Å². The Morgan fingerprint density at radius 2 is 1.88 bits per heavy atom. The van der Waals surface area contributed by atoms with Crippen molar-refractivity contribution in [2.75, 3.05) is 0 Å². The molecule has 1 aromatic carbocycles. The lowest BCUT2D eigenvalue weighted by molar-refractivity contribution is 0.1000. The molecule has 0 fully saturated rings. The standard InChI is InChI=1S/C13H14N2O/c1-7-4-10-5-11(13(14)16)6-15-12(10)9(3)8(7)2/h4-6H,1-3H3,(H2,14,16). The van der Waals surface area contributed by atoms with Crippen LogP contribution >= 0.6 is 0 Å². The third-order valence-corrected chi connectivity index (χ3v) is 3.08. The van der Waals surface area contributed by atoms with Crippen LogP contribution in [-0.4, -0.2) is 10.9 Å². The first-order valence-corrected chi connectivity index (χ1v) is 5.17. The van der Waals surface area contributed by atoms with Gasteiger partial charge < -0.3 is 5.73 Å². The van der Waals surface area contributed by atoms with Gasteiger partial charge in [0.1, 0.15) is 0 Å². The van der Waals surface area contributed by atoms with Crippen LogP contribution in [0, 0.1) is 20.8 Å². The van der Waals surface area contributed by atoms with Gasteiger partial charge in [0, 0.05) is 11.6 Å². The molecule has 0 aliphatic heterocycles. The van der Waals surface area contributed by atoms with Gasteiger partial charge in [0.05, 0.1) is 11.1 Å². The van der Waals surface area contributed by atoms with E-state index in [-0.39, 0.29) is 0 Å². The van der Waals surface area contributed by atoms with E-state index in [1.165, 1.54) is 17.3 Å². The highest BCUT2D eigenvalue weighted by Gasteiger charge is 2.08. The second-order valence-electron chi connectivity index (χ2n) is 4.10. The van der Waals surface area contributed by atoms with Gasteiger partial charge in [-0.15, -0.1) is 0 Å². The molecule has 2 rings (SSSR count). The number of rotatable bonds is 1. The molecule has 16 heavy (non-hydrogen) atoms. The van der Waals surface area contributed by atoms with Crippen molar-refractivity contribution < 1.29 is 4.79 Å². The molecule has 0 spiro atoms. The molecule has 82 valence electrons. The Bertz CT molecular complexity index is 588. The molecule has 0 aliphatic rings. The van der Waals surface area contributed by atoms with E-state index in [0.717, 1.165) is 16.5 Å². The summed E-state index contributed by atoms with van der Waals surface area (Å²) in [6, 6.07) is 3.83. The number of benzene rings is 1. The van der Waals surface area contributed by atoms with E-state index in [1.807, 2.05) is 13.0 Å². The zero-order valence-electron chi connectivity index (χ0n) is 9.66. The van der Waals surface area contributed by atoms with Crippen molar-refractivity contribution in [2.45, 2.75) is 20.8 Å².